The van der Waals surface area contributed by atoms with Crippen molar-refractivity contribution in [3.8, 4) is 0 Å². The minimum Gasteiger partial charge on any atom is -0.350 e. The van der Waals surface area contributed by atoms with Crippen molar-refractivity contribution in [3.05, 3.63) is 0 Å². The Kier molecular flexibility index (Phi) is 16.5. The third kappa shape index (κ3) is 18.0. The van der Waals surface area contributed by atoms with Crippen molar-refractivity contribution in [1.29, 1.82) is 0 Å². The Labute approximate surface area is 158 Å². The van der Waals surface area contributed by atoms with E-state index >= 15 is 0 Å². The van der Waals surface area contributed by atoms with Gasteiger partial charge in [0.1, 0.15) is 0 Å². The van der Waals surface area contributed by atoms with Crippen molar-refractivity contribution in [2.24, 2.45) is 0 Å². The lowest BCUT2D eigenvalue weighted by Crippen LogP contribution is -2.45. The van der Waals surface area contributed by atoms with Crippen molar-refractivity contribution in [2.75, 3.05) is 33.7 Å². The molecule has 1 amide bonds. The van der Waals surface area contributed by atoms with Crippen LogP contribution >= 0.6 is 0 Å². The quantitative estimate of drug-likeness (QED) is 0.249. The average molecular weight is 356 g/mol. The van der Waals surface area contributed by atoms with Crippen molar-refractivity contribution in [3.63, 3.8) is 0 Å². The Morgan fingerprint density at radius 3 is 1.60 bits per heavy atom. The van der Waals surface area contributed by atoms with Gasteiger partial charge in [-0.3, -0.25) is 4.79 Å². The third-order valence-electron chi connectivity index (χ3n) is 5.40. The molecule has 0 atom stereocenters. The molecule has 3 nitrogen and oxygen atoms in total. The fraction of sp³-hybridized carbons (Fsp3) is 0.955. The van der Waals surface area contributed by atoms with Crippen molar-refractivity contribution < 1.29 is 9.28 Å². The number of likely N-dealkylation sites (N-methyl/N-ethyl adjacent to an activating group) is 1. The van der Waals surface area contributed by atoms with Gasteiger partial charge in [0.25, 0.3) is 0 Å². The highest BCUT2D eigenvalue weighted by molar-refractivity contribution is 5.75. The number of quaternary nitrogens is 1. The maximum absolute atomic E-state index is 11.8. The first kappa shape index (κ1) is 24.4. The first-order valence-corrected chi connectivity index (χ1v) is 11.1. The first-order valence-electron chi connectivity index (χ1n) is 11.1. The Balaban J connectivity index is 3.23. The average Bonchev–Trinajstić information content (AvgIpc) is 2.59. The van der Waals surface area contributed by atoms with Gasteiger partial charge in [-0.05, 0) is 13.3 Å². The molecular formula is C22H47N2O+. The predicted molar refractivity (Wildman–Crippen MR) is 111 cm³/mol. The number of amides is 1. The lowest BCUT2D eigenvalue weighted by molar-refractivity contribution is -0.887. The molecule has 3 heteroatoms. The molecular weight excluding hydrogens is 308 g/mol. The van der Waals surface area contributed by atoms with E-state index in [-0.39, 0.29) is 5.91 Å². The summed E-state index contributed by atoms with van der Waals surface area (Å²) in [6, 6.07) is 0. The molecule has 0 aromatic heterocycles. The zero-order valence-electron chi connectivity index (χ0n) is 17.9. The Bertz CT molecular complexity index is 302. The summed E-state index contributed by atoms with van der Waals surface area (Å²) in [5.74, 6) is 0.235. The van der Waals surface area contributed by atoms with Crippen LogP contribution in [0.25, 0.3) is 0 Å². The summed E-state index contributed by atoms with van der Waals surface area (Å²) in [6.07, 6.45) is 18.3. The van der Waals surface area contributed by atoms with Gasteiger partial charge in [-0.1, -0.05) is 84.0 Å². The number of carbonyl (C=O) groups excluding carboxylic acids is 1. The lowest BCUT2D eigenvalue weighted by Gasteiger charge is -2.28. The Morgan fingerprint density at radius 1 is 0.720 bits per heavy atom. The monoisotopic (exact) mass is 355 g/mol. The van der Waals surface area contributed by atoms with Gasteiger partial charge in [-0.2, -0.15) is 0 Å². The molecule has 150 valence electrons. The van der Waals surface area contributed by atoms with Gasteiger partial charge >= 0.3 is 0 Å². The Morgan fingerprint density at radius 2 is 1.16 bits per heavy atom. The van der Waals surface area contributed by atoms with E-state index in [1.165, 1.54) is 77.0 Å². The van der Waals surface area contributed by atoms with Gasteiger partial charge in [0.05, 0.1) is 33.7 Å². The molecule has 0 rings (SSSR count). The fourth-order valence-electron chi connectivity index (χ4n) is 3.05. The van der Waals surface area contributed by atoms with Crippen LogP contribution < -0.4 is 5.32 Å². The number of nitrogens with one attached hydrogen (secondary N) is 1. The molecule has 0 aliphatic rings. The summed E-state index contributed by atoms with van der Waals surface area (Å²) in [5, 5.41) is 3.06. The molecule has 0 spiro atoms. The van der Waals surface area contributed by atoms with Gasteiger partial charge in [0, 0.05) is 6.42 Å². The van der Waals surface area contributed by atoms with Crippen LogP contribution in [0.3, 0.4) is 0 Å². The third-order valence-corrected chi connectivity index (χ3v) is 5.40. The maximum Gasteiger partial charge on any atom is 0.220 e. The summed E-state index contributed by atoms with van der Waals surface area (Å²) in [6.45, 7) is 7.39. The van der Waals surface area contributed by atoms with Gasteiger partial charge in [0.2, 0.25) is 5.91 Å². The minimum absolute atomic E-state index is 0.235. The molecule has 0 saturated heterocycles. The zero-order valence-corrected chi connectivity index (χ0v) is 17.9. The second kappa shape index (κ2) is 16.9. The number of carbonyl (C=O) groups is 1. The van der Waals surface area contributed by atoms with Gasteiger partial charge < -0.3 is 9.80 Å². The van der Waals surface area contributed by atoms with Crippen LogP contribution in [0.4, 0.5) is 0 Å². The summed E-state index contributed by atoms with van der Waals surface area (Å²) in [7, 11) is 4.41. The van der Waals surface area contributed by atoms with Crippen molar-refractivity contribution in [2.45, 2.75) is 104 Å². The molecule has 0 aliphatic heterocycles. The van der Waals surface area contributed by atoms with Gasteiger partial charge in [-0.15, -0.1) is 0 Å². The van der Waals surface area contributed by atoms with E-state index in [1.54, 1.807) is 0 Å². The Hall–Kier alpha value is -0.570. The highest BCUT2D eigenvalue weighted by Crippen LogP contribution is 2.12. The molecule has 25 heavy (non-hydrogen) atoms. The van der Waals surface area contributed by atoms with Crippen LogP contribution in [-0.4, -0.2) is 44.1 Å². The lowest BCUT2D eigenvalue weighted by atomic mass is 10.0. The van der Waals surface area contributed by atoms with Crippen LogP contribution in [-0.2, 0) is 4.79 Å². The van der Waals surface area contributed by atoms with Crippen LogP contribution in [0.1, 0.15) is 104 Å². The maximum atomic E-state index is 11.8. The van der Waals surface area contributed by atoms with E-state index in [1.807, 2.05) is 0 Å². The van der Waals surface area contributed by atoms with Crippen LogP contribution in [0.5, 0.6) is 0 Å². The van der Waals surface area contributed by atoms with E-state index < -0.39 is 0 Å². The predicted octanol–water partition coefficient (Wildman–Crippen LogP) is 5.68. The molecule has 0 fully saturated rings. The molecule has 0 aliphatic carbocycles. The van der Waals surface area contributed by atoms with Gasteiger partial charge in [0.15, 0.2) is 0 Å². The highest BCUT2D eigenvalue weighted by Gasteiger charge is 2.11. The zero-order chi connectivity index (χ0) is 18.8. The van der Waals surface area contributed by atoms with E-state index in [0.29, 0.717) is 6.42 Å². The van der Waals surface area contributed by atoms with E-state index in [4.69, 9.17) is 0 Å². The number of unbranched alkanes of at least 4 members (excludes halogenated alkanes) is 12. The highest BCUT2D eigenvalue weighted by atomic mass is 16.1. The van der Waals surface area contributed by atoms with Crippen LogP contribution in [0.15, 0.2) is 0 Å². The van der Waals surface area contributed by atoms with Crippen LogP contribution in [0, 0.1) is 0 Å². The largest absolute Gasteiger partial charge is 0.350 e. The second-order valence-electron chi connectivity index (χ2n) is 8.32. The molecule has 0 aromatic rings. The second-order valence-corrected chi connectivity index (χ2v) is 8.32. The summed E-state index contributed by atoms with van der Waals surface area (Å²) >= 11 is 0. The number of hydrogen-bond donors (Lipinski definition) is 1. The van der Waals surface area contributed by atoms with Gasteiger partial charge in [-0.25, -0.2) is 0 Å². The fourth-order valence-corrected chi connectivity index (χ4v) is 3.05. The molecule has 0 heterocycles. The molecule has 0 aromatic carbocycles. The topological polar surface area (TPSA) is 29.1 Å². The minimum atomic E-state index is 0.235. The molecule has 0 radical (unpaired) electrons. The molecule has 1 N–H and O–H groups in total. The number of nitrogens with zero attached hydrogens (tertiary/aromatic N) is 1. The van der Waals surface area contributed by atoms with E-state index in [0.717, 1.165) is 30.5 Å². The van der Waals surface area contributed by atoms with Crippen molar-refractivity contribution >= 4 is 5.91 Å². The van der Waals surface area contributed by atoms with Crippen molar-refractivity contribution in [1.82, 2.24) is 5.32 Å². The summed E-state index contributed by atoms with van der Waals surface area (Å²) < 4.78 is 0.971. The van der Waals surface area contributed by atoms with E-state index in [2.05, 4.69) is 33.3 Å². The number of hydrogen-bond acceptors (Lipinski definition) is 1. The van der Waals surface area contributed by atoms with Crippen LogP contribution in [0.2, 0.25) is 0 Å². The molecule has 0 bridgehead atoms. The summed E-state index contributed by atoms with van der Waals surface area (Å²) in [5.41, 5.74) is 0. The smallest absolute Gasteiger partial charge is 0.220 e. The molecule has 0 saturated carbocycles. The SMILES string of the molecule is CCCCCCCCCCCCCCCC(=O)NCC[N+](C)(C)CC. The number of rotatable bonds is 18. The molecule has 0 unspecified atom stereocenters. The standard InChI is InChI=1S/C22H46N2O/c1-5-7-8-9-10-11-12-13-14-15-16-17-18-19-22(25)23-20-21-24(3,4)6-2/h5-21H2,1-4H3/p+1. The summed E-state index contributed by atoms with van der Waals surface area (Å²) in [4.78, 5) is 11.8. The van der Waals surface area contributed by atoms with E-state index in [9.17, 15) is 4.79 Å². The first-order chi connectivity index (χ1) is 12.0. The normalized spacial score (nSPS) is 11.7.